The van der Waals surface area contributed by atoms with Gasteiger partial charge in [-0.3, -0.25) is 4.79 Å². The fourth-order valence-electron chi connectivity index (χ4n) is 2.71. The quantitative estimate of drug-likeness (QED) is 0.821. The largest absolute Gasteiger partial charge is 0.384 e. The van der Waals surface area contributed by atoms with Gasteiger partial charge < -0.3 is 10.4 Å². The fraction of sp³-hybridized carbons (Fsp3) is 0.471. The number of halogens is 1. The molecule has 21 heavy (non-hydrogen) atoms. The van der Waals surface area contributed by atoms with Gasteiger partial charge in [0, 0.05) is 11.6 Å². The second kappa shape index (κ2) is 5.16. The summed E-state index contributed by atoms with van der Waals surface area (Å²) in [6, 6.07) is 3.93. The molecule has 0 radical (unpaired) electrons. The van der Waals surface area contributed by atoms with Crippen molar-refractivity contribution in [2.75, 3.05) is 6.61 Å². The summed E-state index contributed by atoms with van der Waals surface area (Å²) in [5, 5.41) is 11.7. The predicted molar refractivity (Wildman–Crippen MR) is 79.2 cm³/mol. The summed E-state index contributed by atoms with van der Waals surface area (Å²) < 4.78 is 13.4. The van der Waals surface area contributed by atoms with Crippen LogP contribution in [0.4, 0.5) is 4.39 Å². The van der Waals surface area contributed by atoms with Crippen molar-refractivity contribution < 1.29 is 14.3 Å². The topological polar surface area (TPSA) is 49.3 Å². The highest BCUT2D eigenvalue weighted by molar-refractivity contribution is 5.97. The Morgan fingerprint density at radius 2 is 1.95 bits per heavy atom. The molecule has 0 aromatic heterocycles. The average Bonchev–Trinajstić information content (AvgIpc) is 2.79. The normalized spacial score (nSPS) is 18.6. The summed E-state index contributed by atoms with van der Waals surface area (Å²) in [5.74, 6) is 4.35. The molecule has 1 aromatic carbocycles. The van der Waals surface area contributed by atoms with E-state index in [4.69, 9.17) is 5.11 Å². The van der Waals surface area contributed by atoms with Gasteiger partial charge in [0.15, 0.2) is 0 Å². The molecule has 112 valence electrons. The van der Waals surface area contributed by atoms with Crippen molar-refractivity contribution in [3.8, 4) is 11.8 Å². The first-order chi connectivity index (χ1) is 9.71. The maximum absolute atomic E-state index is 13.4. The third-order valence-electron chi connectivity index (χ3n) is 4.82. The first-order valence-corrected chi connectivity index (χ1v) is 6.92. The molecule has 4 heteroatoms. The van der Waals surface area contributed by atoms with Gasteiger partial charge >= 0.3 is 0 Å². The Balaban J connectivity index is 2.26. The van der Waals surface area contributed by atoms with Gasteiger partial charge in [-0.2, -0.15) is 0 Å². The number of benzene rings is 1. The number of aliphatic hydroxyl groups is 1. The SMILES string of the molecule is CC1(C)C(NC(=O)c2cc(F)ccc2C#CCO)C1(C)C. The Bertz CT molecular complexity index is 624. The molecule has 0 heterocycles. The van der Waals surface area contributed by atoms with Crippen molar-refractivity contribution in [3.05, 3.63) is 35.1 Å². The molecule has 1 saturated carbocycles. The van der Waals surface area contributed by atoms with Crippen LogP contribution in [0, 0.1) is 28.5 Å². The maximum Gasteiger partial charge on any atom is 0.252 e. The van der Waals surface area contributed by atoms with E-state index in [9.17, 15) is 9.18 Å². The second-order valence-corrected chi connectivity index (χ2v) is 6.50. The Hall–Kier alpha value is -1.86. The van der Waals surface area contributed by atoms with Crippen molar-refractivity contribution in [1.29, 1.82) is 0 Å². The second-order valence-electron chi connectivity index (χ2n) is 6.50. The zero-order valence-electron chi connectivity index (χ0n) is 12.7. The molecule has 1 amide bonds. The van der Waals surface area contributed by atoms with Crippen molar-refractivity contribution in [2.24, 2.45) is 10.8 Å². The third kappa shape index (κ3) is 2.66. The summed E-state index contributed by atoms with van der Waals surface area (Å²) >= 11 is 0. The van der Waals surface area contributed by atoms with E-state index in [0.717, 1.165) is 0 Å². The summed E-state index contributed by atoms with van der Waals surface area (Å²) in [6.07, 6.45) is 0. The molecule has 3 nitrogen and oxygen atoms in total. The van der Waals surface area contributed by atoms with Crippen LogP contribution >= 0.6 is 0 Å². The highest BCUT2D eigenvalue weighted by Gasteiger charge is 2.65. The van der Waals surface area contributed by atoms with E-state index in [1.165, 1.54) is 18.2 Å². The van der Waals surface area contributed by atoms with Crippen LogP contribution in [-0.4, -0.2) is 23.7 Å². The Morgan fingerprint density at radius 3 is 2.48 bits per heavy atom. The van der Waals surface area contributed by atoms with E-state index in [-0.39, 0.29) is 34.9 Å². The molecule has 0 aliphatic heterocycles. The van der Waals surface area contributed by atoms with Crippen molar-refractivity contribution >= 4 is 5.91 Å². The number of carbonyl (C=O) groups is 1. The standard InChI is InChI=1S/C17H20FNO2/c1-16(2)15(17(16,3)4)19-14(21)13-10-12(18)8-7-11(13)6-5-9-20/h7-8,10,15,20H,9H2,1-4H3,(H,19,21). The van der Waals surface area contributed by atoms with Gasteiger partial charge in [-0.25, -0.2) is 4.39 Å². The van der Waals surface area contributed by atoms with E-state index in [2.05, 4.69) is 44.9 Å². The summed E-state index contributed by atoms with van der Waals surface area (Å²) in [4.78, 5) is 12.4. The number of hydrogen-bond donors (Lipinski definition) is 2. The smallest absolute Gasteiger partial charge is 0.252 e. The lowest BCUT2D eigenvalue weighted by molar-refractivity contribution is 0.0943. The van der Waals surface area contributed by atoms with E-state index < -0.39 is 5.82 Å². The zero-order chi connectivity index (χ0) is 15.8. The molecule has 1 aliphatic carbocycles. The van der Waals surface area contributed by atoms with Crippen LogP contribution in [0.15, 0.2) is 18.2 Å². The minimum atomic E-state index is -0.482. The summed E-state index contributed by atoms with van der Waals surface area (Å²) in [6.45, 7) is 8.07. The van der Waals surface area contributed by atoms with Crippen LogP contribution in [0.2, 0.25) is 0 Å². The molecule has 1 fully saturated rings. The van der Waals surface area contributed by atoms with Crippen LogP contribution in [0.5, 0.6) is 0 Å². The van der Waals surface area contributed by atoms with Crippen LogP contribution in [0.1, 0.15) is 43.6 Å². The first kappa shape index (κ1) is 15.5. The van der Waals surface area contributed by atoms with E-state index in [1.807, 2.05) is 0 Å². The lowest BCUT2D eigenvalue weighted by atomic mass is 10.0. The molecule has 0 unspecified atom stereocenters. The molecular formula is C17H20FNO2. The number of aliphatic hydroxyl groups excluding tert-OH is 1. The molecule has 0 bridgehead atoms. The minimum absolute atomic E-state index is 0.00687. The number of rotatable bonds is 2. The maximum atomic E-state index is 13.4. The number of hydrogen-bond acceptors (Lipinski definition) is 2. The van der Waals surface area contributed by atoms with Crippen molar-refractivity contribution in [1.82, 2.24) is 5.32 Å². The van der Waals surface area contributed by atoms with Gasteiger partial charge in [-0.1, -0.05) is 39.5 Å². The third-order valence-corrected chi connectivity index (χ3v) is 4.82. The number of amides is 1. The van der Waals surface area contributed by atoms with Crippen LogP contribution < -0.4 is 5.32 Å². The Kier molecular flexibility index (Phi) is 3.81. The monoisotopic (exact) mass is 289 g/mol. The Morgan fingerprint density at radius 1 is 1.33 bits per heavy atom. The van der Waals surface area contributed by atoms with Gasteiger partial charge in [0.05, 0.1) is 5.56 Å². The molecule has 2 N–H and O–H groups in total. The van der Waals surface area contributed by atoms with E-state index in [0.29, 0.717) is 5.56 Å². The van der Waals surface area contributed by atoms with Crippen LogP contribution in [0.3, 0.4) is 0 Å². The molecule has 1 aliphatic rings. The molecule has 1 aromatic rings. The lowest BCUT2D eigenvalue weighted by Gasteiger charge is -2.09. The number of carbonyl (C=O) groups excluding carboxylic acids is 1. The fourth-order valence-corrected chi connectivity index (χ4v) is 2.71. The van der Waals surface area contributed by atoms with E-state index in [1.54, 1.807) is 0 Å². The highest BCUT2D eigenvalue weighted by Crippen LogP contribution is 2.62. The molecule has 0 atom stereocenters. The van der Waals surface area contributed by atoms with Gasteiger partial charge in [-0.05, 0) is 29.0 Å². The molecular weight excluding hydrogens is 269 g/mol. The zero-order valence-corrected chi connectivity index (χ0v) is 12.7. The van der Waals surface area contributed by atoms with Crippen molar-refractivity contribution in [3.63, 3.8) is 0 Å². The van der Waals surface area contributed by atoms with E-state index >= 15 is 0 Å². The highest BCUT2D eigenvalue weighted by atomic mass is 19.1. The average molecular weight is 289 g/mol. The predicted octanol–water partition coefficient (Wildman–Crippen LogP) is 2.33. The molecule has 2 rings (SSSR count). The Labute approximate surface area is 124 Å². The molecule has 0 saturated heterocycles. The van der Waals surface area contributed by atoms with Gasteiger partial charge in [-0.15, -0.1) is 0 Å². The number of nitrogens with one attached hydrogen (secondary N) is 1. The van der Waals surface area contributed by atoms with Crippen molar-refractivity contribution in [2.45, 2.75) is 33.7 Å². The van der Waals surface area contributed by atoms with Crippen LogP contribution in [-0.2, 0) is 0 Å². The van der Waals surface area contributed by atoms with Crippen LogP contribution in [0.25, 0.3) is 0 Å². The summed E-state index contributed by atoms with van der Waals surface area (Å²) in [7, 11) is 0. The van der Waals surface area contributed by atoms with Gasteiger partial charge in [0.1, 0.15) is 12.4 Å². The molecule has 0 spiro atoms. The summed E-state index contributed by atoms with van der Waals surface area (Å²) in [5.41, 5.74) is 0.633. The van der Waals surface area contributed by atoms with Gasteiger partial charge in [0.2, 0.25) is 0 Å². The van der Waals surface area contributed by atoms with Gasteiger partial charge in [0.25, 0.3) is 5.91 Å². The minimum Gasteiger partial charge on any atom is -0.384 e. The first-order valence-electron chi connectivity index (χ1n) is 6.92. The lowest BCUT2D eigenvalue weighted by Crippen LogP contribution is -2.30.